The van der Waals surface area contributed by atoms with E-state index >= 15 is 0 Å². The molecule has 16 rings (SSSR count). The monoisotopic (exact) mass is 2060 g/mol. The van der Waals surface area contributed by atoms with Crippen molar-refractivity contribution in [1.82, 2.24) is 32.8 Å². The minimum atomic E-state index is -0.384. The van der Waals surface area contributed by atoms with E-state index in [0.717, 1.165) is 22.3 Å². The molecule has 0 amide bonds. The summed E-state index contributed by atoms with van der Waals surface area (Å²) < 4.78 is 104. The summed E-state index contributed by atoms with van der Waals surface area (Å²) in [6.45, 7) is 6.44. The minimum absolute atomic E-state index is 0.00400. The van der Waals surface area contributed by atoms with Gasteiger partial charge in [-0.05, 0) is 246 Å². The molecule has 9 aromatic carbocycles. The van der Waals surface area contributed by atoms with E-state index in [4.69, 9.17) is 92.8 Å². The smallest absolute Gasteiger partial charge is 0.179 e. The van der Waals surface area contributed by atoms with Crippen LogP contribution < -0.4 is 0 Å². The molecule has 0 saturated carbocycles. The fourth-order valence-corrected chi connectivity index (χ4v) is 17.2. The number of aromatic amines is 2. The highest BCUT2D eigenvalue weighted by molar-refractivity contribution is 6.33. The molecule has 16 aromatic rings. The molecule has 1 atom stereocenters. The van der Waals surface area contributed by atoms with Crippen LogP contribution in [0.2, 0.25) is 40.3 Å². The maximum absolute atomic E-state index is 13.9. The number of hydrogen-bond donors (Lipinski definition) is 2. The molecule has 1 unspecified atom stereocenters. The predicted octanol–water partition coefficient (Wildman–Crippen LogP) is 30.3. The number of ketones is 7. The Hall–Kier alpha value is -12.5. The van der Waals surface area contributed by atoms with Crippen molar-refractivity contribution in [1.29, 1.82) is 0 Å². The predicted molar refractivity (Wildman–Crippen MR) is 545 cm³/mol. The third-order valence-electron chi connectivity index (χ3n) is 23.0. The average molecular weight is 2060 g/mol. The fourth-order valence-electron chi connectivity index (χ4n) is 15.2. The van der Waals surface area contributed by atoms with Crippen LogP contribution in [0.15, 0.2) is 298 Å². The van der Waals surface area contributed by atoms with Gasteiger partial charge in [-0.1, -0.05) is 196 Å². The number of rotatable bonds is 32. The molecule has 29 heteroatoms. The van der Waals surface area contributed by atoms with E-state index < -0.39 is 0 Å². The van der Waals surface area contributed by atoms with Gasteiger partial charge in [-0.3, -0.25) is 33.6 Å². The van der Waals surface area contributed by atoms with Gasteiger partial charge in [0.05, 0.1) is 45.9 Å². The molecule has 0 aliphatic heterocycles. The first-order chi connectivity index (χ1) is 67.1. The minimum Gasteiger partial charge on any atom is -0.359 e. The Bertz CT molecular complexity index is 6640. The summed E-state index contributed by atoms with van der Waals surface area (Å²) in [5.74, 6) is -2.77. The molecule has 726 valence electrons. The Balaban J connectivity index is 0.000000169. The number of H-pyrrole nitrogens is 2. The van der Waals surface area contributed by atoms with E-state index in [1.807, 2.05) is 159 Å². The van der Waals surface area contributed by atoms with Gasteiger partial charge in [-0.25, -0.2) is 30.7 Å². The number of carbonyl (C=O) groups excluding carboxylic acids is 7. The summed E-state index contributed by atoms with van der Waals surface area (Å²) in [6, 6.07) is 73.2. The van der Waals surface area contributed by atoms with Crippen LogP contribution in [0.5, 0.6) is 0 Å². The van der Waals surface area contributed by atoms with Crippen molar-refractivity contribution >= 4 is 133 Å². The molecule has 0 radical (unpaired) electrons. The zero-order valence-corrected chi connectivity index (χ0v) is 83.3. The second-order valence-electron chi connectivity index (χ2n) is 32.4. The second-order valence-corrected chi connectivity index (χ2v) is 35.7. The molecule has 7 aromatic heterocycles. The van der Waals surface area contributed by atoms with Gasteiger partial charge >= 0.3 is 0 Å². The number of nitrogens with one attached hydrogen (secondary N) is 2. The highest BCUT2D eigenvalue weighted by Crippen LogP contribution is 2.31. The molecule has 2 N–H and O–H groups in total. The first-order valence-electron chi connectivity index (χ1n) is 44.6. The Morgan fingerprint density at radius 1 is 0.300 bits per heavy atom. The van der Waals surface area contributed by atoms with Crippen LogP contribution in [0, 0.1) is 54.6 Å². The molecule has 0 bridgehead atoms. The van der Waals surface area contributed by atoms with Gasteiger partial charge in [0.1, 0.15) is 45.9 Å². The topological polar surface area (TPSA) is 176 Å². The summed E-state index contributed by atoms with van der Waals surface area (Å²) in [4.78, 5) is 90.7. The normalized spacial score (nSPS) is 10.9. The third kappa shape index (κ3) is 31.2. The highest BCUT2D eigenvalue weighted by Gasteiger charge is 2.24. The quantitative estimate of drug-likeness (QED) is 0.0311. The van der Waals surface area contributed by atoms with Crippen molar-refractivity contribution in [3.05, 3.63) is 480 Å². The van der Waals surface area contributed by atoms with Gasteiger partial charge < -0.3 is 32.8 Å². The van der Waals surface area contributed by atoms with E-state index in [-0.39, 0.29) is 145 Å². The summed E-state index contributed by atoms with van der Waals surface area (Å²) in [5, 5.41) is 3.04. The van der Waals surface area contributed by atoms with Crippen LogP contribution in [0.3, 0.4) is 0 Å². The van der Waals surface area contributed by atoms with E-state index in [2.05, 4.69) is 16.9 Å². The van der Waals surface area contributed by atoms with Gasteiger partial charge in [-0.2, -0.15) is 0 Å². The van der Waals surface area contributed by atoms with Crippen LogP contribution in [-0.4, -0.2) is 73.3 Å². The molecular weight excluding hydrogens is 1960 g/mol. The zero-order valence-electron chi connectivity index (χ0n) is 77.2. The molecule has 0 aliphatic rings. The molecular formula is C111H100Cl8F7N7O7. The maximum atomic E-state index is 13.9. The van der Waals surface area contributed by atoms with Gasteiger partial charge in [-0.15, -0.1) is 0 Å². The molecule has 0 fully saturated rings. The lowest BCUT2D eigenvalue weighted by Crippen LogP contribution is -2.14. The zero-order chi connectivity index (χ0) is 101. The summed E-state index contributed by atoms with van der Waals surface area (Å²) in [7, 11) is 5.35. The second kappa shape index (κ2) is 54.3. The van der Waals surface area contributed by atoms with Crippen LogP contribution in [-0.2, 0) is 72.6 Å². The standard InChI is InChI=1S/C21H19ClFNO.C20H17ClFNO.C15H15ClFNO.C14H12Cl2FNO.2C14H13ClFNO.C13H11ClFNO/c1-15(16-7-3-2-4-8-16)24-14-6-11-20(24)21(25)13-12-17-18(22)9-5-10-19(17)23;21-17-8-4-9-18(22)16(17)11-12-20(24)19-10-5-13-23(19)14-15-6-2-1-3-7-15;1-10-8-9-18(2)15(10)14(19)7-6-11-12(16)4-3-5-13(11)17;1-18-12(6-8-14(18)16)13(19)7-5-9-10(15)3-2-4-11(9)17;1-17-9-3-6-13(17)14(18)8-7-10-11(15)4-2-5-12(10)16;1-9-7-8-17-14(9)13(18)6-5-10-11(15)3-2-4-12(10)16;14-10-3-1-4-11(15)9(10)6-7-13(17)12-5-2-8-16-12/h2-11,14-15H,12-13H2,1H3;1-10,13H,11-12,14H2;3-5,8-9H,6-7H2,1-2H3;2-4,6,8H,5,7H2,1H3;2-6,9H,7-8H2,1H3;2-4,7-8,17H,5-6H2,1H3;1-5,8,16H,6-7H2. The molecule has 14 nitrogen and oxygen atoms in total. The van der Waals surface area contributed by atoms with Crippen LogP contribution in [0.25, 0.3) is 0 Å². The van der Waals surface area contributed by atoms with Crippen LogP contribution in [0.1, 0.15) is 193 Å². The van der Waals surface area contributed by atoms with Gasteiger partial charge in [0.15, 0.2) is 40.5 Å². The SMILES string of the molecule is CC(c1ccccc1)n1cccc1C(=O)CCc1c(F)cccc1Cl.Cc1cc[nH]c1C(=O)CCc1c(F)cccc1Cl.Cc1ccn(C)c1C(=O)CCc1c(F)cccc1Cl.Cn1c(Cl)ccc1C(=O)CCc1c(F)cccc1Cl.Cn1cccc1C(=O)CCc1c(F)cccc1Cl.O=C(CCc1c(F)cccc1Cl)c1ccc[nH]1.O=C(CCc1c(F)cccc1Cl)c1cccn1Cc1ccccc1. The molecule has 0 spiro atoms. The van der Waals surface area contributed by atoms with Crippen molar-refractivity contribution < 1.29 is 64.3 Å². The van der Waals surface area contributed by atoms with E-state index in [1.54, 1.807) is 154 Å². The number of nitrogens with zero attached hydrogens (tertiary/aromatic N) is 5. The number of Topliss-reactive ketones (excluding diaryl/α,β-unsaturated/α-hetero) is 7. The van der Waals surface area contributed by atoms with Gasteiger partial charge in [0.25, 0.3) is 0 Å². The number of carbonyl (C=O) groups is 7. The molecule has 7 heterocycles. The van der Waals surface area contributed by atoms with Crippen LogP contribution in [0.4, 0.5) is 30.7 Å². The lowest BCUT2D eigenvalue weighted by molar-refractivity contribution is 0.0965. The Labute approximate surface area is 848 Å². The summed E-state index contributed by atoms with van der Waals surface area (Å²) >= 11 is 47.5. The Morgan fingerprint density at radius 3 is 1.03 bits per heavy atom. The number of aromatic nitrogens is 7. The van der Waals surface area contributed by atoms with Crippen molar-refractivity contribution in [2.45, 2.75) is 123 Å². The fraction of sp³-hybridized carbons (Fsp3) is 0.198. The van der Waals surface area contributed by atoms with Gasteiger partial charge in [0.2, 0.25) is 0 Å². The number of hydrogen-bond acceptors (Lipinski definition) is 7. The number of halogens is 15. The van der Waals surface area contributed by atoms with Crippen molar-refractivity contribution in [3.63, 3.8) is 0 Å². The molecule has 0 aliphatic carbocycles. The van der Waals surface area contributed by atoms with E-state index in [0.29, 0.717) is 158 Å². The first-order valence-corrected chi connectivity index (χ1v) is 47.6. The largest absolute Gasteiger partial charge is 0.359 e. The van der Waals surface area contributed by atoms with E-state index in [1.165, 1.54) is 42.5 Å². The summed E-state index contributed by atoms with van der Waals surface area (Å²) in [5.41, 5.74) is 11.1. The van der Waals surface area contributed by atoms with Gasteiger partial charge in [0, 0.05) is 184 Å². The molecule has 140 heavy (non-hydrogen) atoms. The van der Waals surface area contributed by atoms with Crippen molar-refractivity contribution in [2.24, 2.45) is 21.1 Å². The van der Waals surface area contributed by atoms with E-state index in [9.17, 15) is 64.3 Å². The lowest BCUT2D eigenvalue weighted by Gasteiger charge is -2.17. The van der Waals surface area contributed by atoms with Crippen molar-refractivity contribution in [3.8, 4) is 0 Å². The lowest BCUT2D eigenvalue weighted by atomic mass is 10.0. The Morgan fingerprint density at radius 2 is 0.664 bits per heavy atom. The average Bonchev–Trinajstić information content (AvgIpc) is 1.38. The highest BCUT2D eigenvalue weighted by atomic mass is 35.5. The third-order valence-corrected chi connectivity index (χ3v) is 25.8. The molecule has 0 saturated heterocycles. The van der Waals surface area contributed by atoms with Crippen molar-refractivity contribution in [2.75, 3.05) is 0 Å². The van der Waals surface area contributed by atoms with Crippen LogP contribution >= 0.6 is 92.8 Å². The first kappa shape index (κ1) is 109. The maximum Gasteiger partial charge on any atom is 0.179 e. The number of aryl methyl sites for hydroxylation is 4. The summed E-state index contributed by atoms with van der Waals surface area (Å²) in [6.07, 6.45) is 14.5. The Kier molecular flexibility index (Phi) is 42.5. The number of benzene rings is 9.